The van der Waals surface area contributed by atoms with Crippen LogP contribution in [0.15, 0.2) is 12.4 Å². The van der Waals surface area contributed by atoms with E-state index in [2.05, 4.69) is 35.6 Å². The van der Waals surface area contributed by atoms with E-state index in [0.29, 0.717) is 10.6 Å². The Balaban J connectivity index is 2.03. The predicted octanol–water partition coefficient (Wildman–Crippen LogP) is 3.39. The quantitative estimate of drug-likeness (QED) is 0.768. The largest absolute Gasteiger partial charge is 0.354 e. The lowest BCUT2D eigenvalue weighted by molar-refractivity contribution is 0.198. The van der Waals surface area contributed by atoms with E-state index >= 15 is 0 Å². The third-order valence-corrected chi connectivity index (χ3v) is 3.92. The lowest BCUT2D eigenvalue weighted by Crippen LogP contribution is -2.38. The van der Waals surface area contributed by atoms with Crippen LogP contribution in [0.3, 0.4) is 0 Å². The van der Waals surface area contributed by atoms with Crippen molar-refractivity contribution in [1.82, 2.24) is 9.97 Å². The second-order valence-corrected chi connectivity index (χ2v) is 6.16. The highest BCUT2D eigenvalue weighted by atomic mass is 35.5. The average Bonchev–Trinajstić information content (AvgIpc) is 2.29. The minimum absolute atomic E-state index is 0.401. The fraction of sp³-hybridized carbons (Fsp3) is 0.692. The molecule has 0 unspecified atom stereocenters. The van der Waals surface area contributed by atoms with E-state index in [1.54, 1.807) is 12.4 Å². The van der Waals surface area contributed by atoms with Crippen molar-refractivity contribution < 1.29 is 0 Å². The Labute approximate surface area is 108 Å². The van der Waals surface area contributed by atoms with E-state index < -0.39 is 0 Å². The molecule has 1 aliphatic heterocycles. The Hall–Kier alpha value is -0.830. The molecule has 0 amide bonds. The van der Waals surface area contributed by atoms with Crippen LogP contribution in [0.25, 0.3) is 0 Å². The maximum absolute atomic E-state index is 6.07. The summed E-state index contributed by atoms with van der Waals surface area (Å²) in [5.41, 5.74) is 0.401. The number of anilines is 1. The monoisotopic (exact) mass is 253 g/mol. The van der Waals surface area contributed by atoms with Crippen molar-refractivity contribution in [2.75, 3.05) is 18.0 Å². The number of halogens is 1. The highest BCUT2D eigenvalue weighted by Gasteiger charge is 2.29. The van der Waals surface area contributed by atoms with Crippen molar-refractivity contribution in [3.05, 3.63) is 17.5 Å². The molecule has 0 spiro atoms. The molecule has 2 rings (SSSR count). The van der Waals surface area contributed by atoms with E-state index in [9.17, 15) is 0 Å². The molecule has 0 radical (unpaired) electrons. The van der Waals surface area contributed by atoms with Gasteiger partial charge in [-0.1, -0.05) is 32.4 Å². The molecule has 2 heterocycles. The van der Waals surface area contributed by atoms with Crippen molar-refractivity contribution in [2.45, 2.75) is 33.6 Å². The van der Waals surface area contributed by atoms with Gasteiger partial charge in [0.2, 0.25) is 0 Å². The number of aromatic nitrogens is 2. The minimum Gasteiger partial charge on any atom is -0.354 e. The van der Waals surface area contributed by atoms with Gasteiger partial charge in [-0.25, -0.2) is 9.97 Å². The maximum Gasteiger partial charge on any atom is 0.171 e. The molecular weight excluding hydrogens is 234 g/mol. The first-order chi connectivity index (χ1) is 7.98. The standard InChI is InChI=1S/C13H20ClN3/c1-13(2,3)10-4-8-17(9-5-10)12-11(14)15-6-7-16-12/h6-7,10H,4-5,8-9H2,1-3H3. The minimum atomic E-state index is 0.401. The summed E-state index contributed by atoms with van der Waals surface area (Å²) in [6.07, 6.45) is 5.75. The molecule has 0 aromatic carbocycles. The van der Waals surface area contributed by atoms with Gasteiger partial charge in [-0.3, -0.25) is 0 Å². The van der Waals surface area contributed by atoms with Crippen molar-refractivity contribution in [2.24, 2.45) is 11.3 Å². The van der Waals surface area contributed by atoms with Gasteiger partial charge in [0.05, 0.1) is 0 Å². The van der Waals surface area contributed by atoms with Gasteiger partial charge in [-0.2, -0.15) is 0 Å². The molecule has 0 saturated carbocycles. The highest BCUT2D eigenvalue weighted by molar-refractivity contribution is 6.31. The second-order valence-electron chi connectivity index (χ2n) is 5.80. The van der Waals surface area contributed by atoms with Crippen LogP contribution in [0.5, 0.6) is 0 Å². The summed E-state index contributed by atoms with van der Waals surface area (Å²) in [6, 6.07) is 0. The first-order valence-corrected chi connectivity index (χ1v) is 6.58. The number of hydrogen-bond donors (Lipinski definition) is 0. The van der Waals surface area contributed by atoms with Gasteiger partial charge in [0.25, 0.3) is 0 Å². The Morgan fingerprint density at radius 1 is 1.18 bits per heavy atom. The molecule has 4 heteroatoms. The Bertz CT molecular complexity index is 378. The zero-order chi connectivity index (χ0) is 12.5. The molecule has 0 N–H and O–H groups in total. The molecule has 0 bridgehead atoms. The van der Waals surface area contributed by atoms with E-state index in [0.717, 1.165) is 24.8 Å². The molecular formula is C13H20ClN3. The molecule has 0 atom stereocenters. The topological polar surface area (TPSA) is 29.0 Å². The summed E-state index contributed by atoms with van der Waals surface area (Å²) in [4.78, 5) is 10.7. The van der Waals surface area contributed by atoms with Crippen LogP contribution in [0.4, 0.5) is 5.82 Å². The summed E-state index contributed by atoms with van der Waals surface area (Å²) < 4.78 is 0. The predicted molar refractivity (Wildman–Crippen MR) is 71.4 cm³/mol. The van der Waals surface area contributed by atoms with Crippen LogP contribution in [-0.4, -0.2) is 23.1 Å². The zero-order valence-corrected chi connectivity index (χ0v) is 11.5. The van der Waals surface area contributed by atoms with Crippen LogP contribution >= 0.6 is 11.6 Å². The second kappa shape index (κ2) is 4.81. The Morgan fingerprint density at radius 2 is 1.76 bits per heavy atom. The zero-order valence-electron chi connectivity index (χ0n) is 10.8. The van der Waals surface area contributed by atoms with Crippen LogP contribution in [0.2, 0.25) is 5.15 Å². The number of nitrogens with zero attached hydrogens (tertiary/aromatic N) is 3. The summed E-state index contributed by atoms with van der Waals surface area (Å²) in [5, 5.41) is 0.515. The number of hydrogen-bond acceptors (Lipinski definition) is 3. The van der Waals surface area contributed by atoms with Gasteiger partial charge < -0.3 is 4.90 Å². The lowest BCUT2D eigenvalue weighted by atomic mass is 9.75. The molecule has 1 fully saturated rings. The molecule has 1 aromatic rings. The van der Waals surface area contributed by atoms with Crippen LogP contribution in [-0.2, 0) is 0 Å². The summed E-state index contributed by atoms with van der Waals surface area (Å²) >= 11 is 6.07. The molecule has 1 aromatic heterocycles. The van der Waals surface area contributed by atoms with E-state index in [1.165, 1.54) is 12.8 Å². The molecule has 17 heavy (non-hydrogen) atoms. The molecule has 1 saturated heterocycles. The van der Waals surface area contributed by atoms with Gasteiger partial charge in [-0.05, 0) is 24.2 Å². The van der Waals surface area contributed by atoms with Gasteiger partial charge >= 0.3 is 0 Å². The van der Waals surface area contributed by atoms with E-state index in [4.69, 9.17) is 11.6 Å². The summed E-state index contributed by atoms with van der Waals surface area (Å²) in [5.74, 6) is 1.62. The van der Waals surface area contributed by atoms with E-state index in [-0.39, 0.29) is 0 Å². The first kappa shape index (κ1) is 12.6. The molecule has 3 nitrogen and oxygen atoms in total. The van der Waals surface area contributed by atoms with Gasteiger partial charge in [0, 0.05) is 25.5 Å². The summed E-state index contributed by atoms with van der Waals surface area (Å²) in [7, 11) is 0. The lowest BCUT2D eigenvalue weighted by Gasteiger charge is -2.39. The van der Waals surface area contributed by atoms with Gasteiger partial charge in [-0.15, -0.1) is 0 Å². The number of piperidine rings is 1. The highest BCUT2D eigenvalue weighted by Crippen LogP contribution is 2.35. The van der Waals surface area contributed by atoms with Crippen molar-refractivity contribution in [1.29, 1.82) is 0 Å². The van der Waals surface area contributed by atoms with Gasteiger partial charge in [0.15, 0.2) is 11.0 Å². The van der Waals surface area contributed by atoms with Crippen molar-refractivity contribution in [3.8, 4) is 0 Å². The summed E-state index contributed by atoms with van der Waals surface area (Å²) in [6.45, 7) is 9.02. The fourth-order valence-corrected chi connectivity index (χ4v) is 2.71. The Kier molecular flexibility index (Phi) is 3.57. The third kappa shape index (κ3) is 2.89. The number of rotatable bonds is 1. The molecule has 94 valence electrons. The van der Waals surface area contributed by atoms with Gasteiger partial charge in [0.1, 0.15) is 0 Å². The van der Waals surface area contributed by atoms with Crippen molar-refractivity contribution >= 4 is 17.4 Å². The van der Waals surface area contributed by atoms with Crippen molar-refractivity contribution in [3.63, 3.8) is 0 Å². The molecule has 0 aliphatic carbocycles. The van der Waals surface area contributed by atoms with E-state index in [1.807, 2.05) is 0 Å². The first-order valence-electron chi connectivity index (χ1n) is 6.20. The Morgan fingerprint density at radius 3 is 2.29 bits per heavy atom. The molecule has 1 aliphatic rings. The smallest absolute Gasteiger partial charge is 0.171 e. The average molecular weight is 254 g/mol. The maximum atomic E-state index is 6.07. The van der Waals surface area contributed by atoms with Crippen LogP contribution in [0, 0.1) is 11.3 Å². The van der Waals surface area contributed by atoms with Crippen LogP contribution < -0.4 is 4.90 Å². The fourth-order valence-electron chi connectivity index (χ4n) is 2.48. The third-order valence-electron chi connectivity index (χ3n) is 3.66. The SMILES string of the molecule is CC(C)(C)C1CCN(c2nccnc2Cl)CC1. The normalized spacial score (nSPS) is 18.5. The van der Waals surface area contributed by atoms with Crippen LogP contribution in [0.1, 0.15) is 33.6 Å².